The molecule has 0 aliphatic carbocycles. The summed E-state index contributed by atoms with van der Waals surface area (Å²) in [4.78, 5) is 0. The molecular formula is C28H20IN. The number of halogens is 1. The van der Waals surface area contributed by atoms with Crippen molar-refractivity contribution in [2.24, 2.45) is 0 Å². The summed E-state index contributed by atoms with van der Waals surface area (Å²) < 4.78 is 1.24. The summed E-state index contributed by atoms with van der Waals surface area (Å²) >= 11 is 2.32. The van der Waals surface area contributed by atoms with Crippen molar-refractivity contribution in [1.29, 1.82) is 0 Å². The number of hydrogen-bond donors (Lipinski definition) is 1. The van der Waals surface area contributed by atoms with Crippen LogP contribution in [0.25, 0.3) is 33.0 Å². The van der Waals surface area contributed by atoms with Crippen molar-refractivity contribution < 1.29 is 0 Å². The fourth-order valence-electron chi connectivity index (χ4n) is 3.67. The molecule has 0 atom stereocenters. The van der Waals surface area contributed by atoms with Crippen LogP contribution in [0.15, 0.2) is 115 Å². The third-order valence-electron chi connectivity index (χ3n) is 5.32. The molecule has 0 saturated heterocycles. The maximum absolute atomic E-state index is 3.45. The molecular weight excluding hydrogens is 477 g/mol. The van der Waals surface area contributed by atoms with E-state index in [4.69, 9.17) is 0 Å². The lowest BCUT2D eigenvalue weighted by atomic mass is 9.98. The Morgan fingerprint density at radius 2 is 0.900 bits per heavy atom. The lowest BCUT2D eigenvalue weighted by molar-refractivity contribution is 1.53. The highest BCUT2D eigenvalue weighted by molar-refractivity contribution is 14.1. The molecule has 0 aliphatic heterocycles. The van der Waals surface area contributed by atoms with Gasteiger partial charge in [-0.15, -0.1) is 0 Å². The summed E-state index contributed by atoms with van der Waals surface area (Å²) in [6, 6.07) is 40.9. The predicted molar refractivity (Wildman–Crippen MR) is 137 cm³/mol. The summed E-state index contributed by atoms with van der Waals surface area (Å²) in [6.45, 7) is 0. The number of anilines is 2. The Balaban J connectivity index is 1.35. The van der Waals surface area contributed by atoms with Crippen LogP contribution in [-0.2, 0) is 0 Å². The predicted octanol–water partition coefficient (Wildman–Crippen LogP) is 8.52. The van der Waals surface area contributed by atoms with E-state index in [2.05, 4.69) is 143 Å². The highest BCUT2D eigenvalue weighted by Crippen LogP contribution is 2.28. The van der Waals surface area contributed by atoms with Crippen molar-refractivity contribution in [1.82, 2.24) is 0 Å². The molecule has 5 aromatic carbocycles. The quantitative estimate of drug-likeness (QED) is 0.246. The summed E-state index contributed by atoms with van der Waals surface area (Å²) in [5, 5.41) is 6.00. The van der Waals surface area contributed by atoms with Crippen molar-refractivity contribution in [2.45, 2.75) is 0 Å². The highest BCUT2D eigenvalue weighted by atomic mass is 127. The second-order valence-electron chi connectivity index (χ2n) is 7.35. The minimum atomic E-state index is 1.09. The van der Waals surface area contributed by atoms with Gasteiger partial charge in [0.15, 0.2) is 0 Å². The Hall–Kier alpha value is -3.11. The molecule has 1 nitrogen and oxygen atoms in total. The molecule has 0 bridgehead atoms. The van der Waals surface area contributed by atoms with Crippen LogP contribution in [0.5, 0.6) is 0 Å². The molecule has 5 rings (SSSR count). The molecule has 0 fully saturated rings. The Kier molecular flexibility index (Phi) is 5.24. The van der Waals surface area contributed by atoms with E-state index in [9.17, 15) is 0 Å². The number of hydrogen-bond acceptors (Lipinski definition) is 1. The van der Waals surface area contributed by atoms with E-state index >= 15 is 0 Å². The van der Waals surface area contributed by atoms with Gasteiger partial charge in [-0.25, -0.2) is 0 Å². The van der Waals surface area contributed by atoms with Crippen LogP contribution in [-0.4, -0.2) is 0 Å². The van der Waals surface area contributed by atoms with E-state index < -0.39 is 0 Å². The molecule has 0 aromatic heterocycles. The lowest BCUT2D eigenvalue weighted by Gasteiger charge is -2.09. The topological polar surface area (TPSA) is 12.0 Å². The standard InChI is InChI=1S/C28H20IN/c29-26-13-17-28(18-14-26)30-27-15-11-22(12-16-27)21-5-7-23(8-6-21)25-10-9-20-3-1-2-4-24(20)19-25/h1-19,30H. The zero-order chi connectivity index (χ0) is 20.3. The molecule has 30 heavy (non-hydrogen) atoms. The SMILES string of the molecule is Ic1ccc(Nc2ccc(-c3ccc(-c4ccc5ccccc5c4)cc3)cc2)cc1. The van der Waals surface area contributed by atoms with Crippen LogP contribution >= 0.6 is 22.6 Å². The van der Waals surface area contributed by atoms with Crippen LogP contribution in [0.4, 0.5) is 11.4 Å². The van der Waals surface area contributed by atoms with Crippen molar-refractivity contribution in [3.8, 4) is 22.3 Å². The second-order valence-corrected chi connectivity index (χ2v) is 8.59. The Morgan fingerprint density at radius 3 is 1.53 bits per heavy atom. The van der Waals surface area contributed by atoms with Gasteiger partial charge in [0.2, 0.25) is 0 Å². The maximum atomic E-state index is 3.45. The molecule has 144 valence electrons. The van der Waals surface area contributed by atoms with Gasteiger partial charge >= 0.3 is 0 Å². The van der Waals surface area contributed by atoms with E-state index in [1.807, 2.05) is 0 Å². The average molecular weight is 497 g/mol. The zero-order valence-corrected chi connectivity index (χ0v) is 18.5. The number of fused-ring (bicyclic) bond motifs is 1. The fourth-order valence-corrected chi connectivity index (χ4v) is 4.03. The summed E-state index contributed by atoms with van der Waals surface area (Å²) in [6.07, 6.45) is 0. The smallest absolute Gasteiger partial charge is 0.0384 e. The van der Waals surface area contributed by atoms with Crippen molar-refractivity contribution >= 4 is 44.7 Å². The van der Waals surface area contributed by atoms with Gasteiger partial charge in [-0.3, -0.25) is 0 Å². The van der Waals surface area contributed by atoms with Crippen LogP contribution < -0.4 is 5.32 Å². The largest absolute Gasteiger partial charge is 0.356 e. The molecule has 0 unspecified atom stereocenters. The van der Waals surface area contributed by atoms with E-state index in [0.29, 0.717) is 0 Å². The van der Waals surface area contributed by atoms with Crippen LogP contribution in [0.3, 0.4) is 0 Å². The van der Waals surface area contributed by atoms with Gasteiger partial charge < -0.3 is 5.32 Å². The van der Waals surface area contributed by atoms with Gasteiger partial charge in [-0.1, -0.05) is 72.8 Å². The van der Waals surface area contributed by atoms with Crippen molar-refractivity contribution in [3.63, 3.8) is 0 Å². The summed E-state index contributed by atoms with van der Waals surface area (Å²) in [7, 11) is 0. The van der Waals surface area contributed by atoms with Gasteiger partial charge in [0.05, 0.1) is 0 Å². The van der Waals surface area contributed by atoms with Gasteiger partial charge in [-0.2, -0.15) is 0 Å². The third kappa shape index (κ3) is 4.10. The molecule has 0 radical (unpaired) electrons. The molecule has 0 aliphatic rings. The van der Waals surface area contributed by atoms with Gasteiger partial charge in [0, 0.05) is 14.9 Å². The minimum absolute atomic E-state index is 1.09. The maximum Gasteiger partial charge on any atom is 0.0384 e. The molecule has 1 N–H and O–H groups in total. The van der Waals surface area contributed by atoms with E-state index in [1.165, 1.54) is 36.6 Å². The first-order valence-electron chi connectivity index (χ1n) is 9.97. The molecule has 0 saturated carbocycles. The van der Waals surface area contributed by atoms with E-state index in [0.717, 1.165) is 11.4 Å². The zero-order valence-electron chi connectivity index (χ0n) is 16.3. The molecule has 5 aromatic rings. The monoisotopic (exact) mass is 497 g/mol. The van der Waals surface area contributed by atoms with Crippen LogP contribution in [0, 0.1) is 3.57 Å². The van der Waals surface area contributed by atoms with Crippen LogP contribution in [0.2, 0.25) is 0 Å². The minimum Gasteiger partial charge on any atom is -0.356 e. The van der Waals surface area contributed by atoms with Gasteiger partial charge in [-0.05, 0) is 98.1 Å². The van der Waals surface area contributed by atoms with Crippen molar-refractivity contribution in [2.75, 3.05) is 5.32 Å². The van der Waals surface area contributed by atoms with Gasteiger partial charge in [0.25, 0.3) is 0 Å². The van der Waals surface area contributed by atoms with E-state index in [1.54, 1.807) is 0 Å². The summed E-state index contributed by atoms with van der Waals surface area (Å²) in [5.41, 5.74) is 7.11. The molecule has 0 amide bonds. The van der Waals surface area contributed by atoms with Crippen molar-refractivity contribution in [3.05, 3.63) is 119 Å². The van der Waals surface area contributed by atoms with Gasteiger partial charge in [0.1, 0.15) is 0 Å². The van der Waals surface area contributed by atoms with E-state index in [-0.39, 0.29) is 0 Å². The second kappa shape index (κ2) is 8.33. The Morgan fingerprint density at radius 1 is 0.433 bits per heavy atom. The molecule has 0 heterocycles. The normalized spacial score (nSPS) is 10.8. The lowest BCUT2D eigenvalue weighted by Crippen LogP contribution is -1.90. The molecule has 2 heteroatoms. The third-order valence-corrected chi connectivity index (χ3v) is 6.04. The first-order chi connectivity index (χ1) is 14.7. The molecule has 0 spiro atoms. The first-order valence-corrected chi connectivity index (χ1v) is 11.0. The van der Waals surface area contributed by atoms with Crippen LogP contribution in [0.1, 0.15) is 0 Å². The highest BCUT2D eigenvalue weighted by Gasteiger charge is 2.03. The number of nitrogens with one attached hydrogen (secondary N) is 1. The Bertz CT molecular complexity index is 1290. The first kappa shape index (κ1) is 18.9. The fraction of sp³-hybridized carbons (Fsp3) is 0. The number of benzene rings is 5. The summed E-state index contributed by atoms with van der Waals surface area (Å²) in [5.74, 6) is 0. The Labute approximate surface area is 190 Å². The average Bonchev–Trinajstić information content (AvgIpc) is 2.81. The number of rotatable bonds is 4.